The van der Waals surface area contributed by atoms with E-state index in [9.17, 15) is 8.42 Å². The molecule has 0 aromatic heterocycles. The highest BCUT2D eigenvalue weighted by Gasteiger charge is 2.37. The van der Waals surface area contributed by atoms with E-state index in [4.69, 9.17) is 11.7 Å². The van der Waals surface area contributed by atoms with Crippen molar-refractivity contribution in [2.45, 2.75) is 46.2 Å². The van der Waals surface area contributed by atoms with Gasteiger partial charge in [-0.3, -0.25) is 0 Å². The lowest BCUT2D eigenvalue weighted by atomic mass is 9.86. The molecule has 0 saturated heterocycles. The normalized spacial score (nSPS) is 17.9. The summed E-state index contributed by atoms with van der Waals surface area (Å²) in [5.74, 6) is 0. The molecule has 1 unspecified atom stereocenters. The van der Waals surface area contributed by atoms with Crippen molar-refractivity contribution >= 4 is 24.8 Å². The molecule has 0 aromatic rings. The third-order valence-electron chi connectivity index (χ3n) is 2.88. The van der Waals surface area contributed by atoms with Crippen LogP contribution in [0.4, 0.5) is 0 Å². The quantitative estimate of drug-likeness (QED) is 0.441. The first-order valence-corrected chi connectivity index (χ1v) is 9.96. The predicted octanol–water partition coefficient (Wildman–Crippen LogP) is 2.87. The maximum Gasteiger partial charge on any atom is 0.267 e. The summed E-state index contributed by atoms with van der Waals surface area (Å²) in [6.45, 7) is 12.6. The van der Waals surface area contributed by atoms with E-state index >= 15 is 0 Å². The van der Waals surface area contributed by atoms with Crippen molar-refractivity contribution in [3.05, 3.63) is 0 Å². The maximum absolute atomic E-state index is 11.0. The Kier molecular flexibility index (Phi) is 5.31. The predicted molar refractivity (Wildman–Crippen MR) is 77.5 cm³/mol. The molecule has 0 fully saturated rings. The zero-order valence-electron chi connectivity index (χ0n) is 12.1. The van der Waals surface area contributed by atoms with E-state index in [1.165, 1.54) is 0 Å². The monoisotopic (exact) mass is 279 g/mol. The molecule has 1 atom stereocenters. The van der Waals surface area contributed by atoms with Crippen molar-refractivity contribution in [3.63, 3.8) is 0 Å². The van der Waals surface area contributed by atoms with Gasteiger partial charge in [0.2, 0.25) is 0 Å². The van der Waals surface area contributed by atoms with Crippen molar-refractivity contribution in [2.24, 2.45) is 5.41 Å². The van der Waals surface area contributed by atoms with Crippen molar-refractivity contribution in [3.8, 4) is 0 Å². The summed E-state index contributed by atoms with van der Waals surface area (Å²) >= 11 is 0. The molecule has 0 amide bonds. The number of hydrogen-bond acceptors (Lipinski definition) is 3. The highest BCUT2D eigenvalue weighted by atomic mass is 32.2. The molecule has 0 N–H and O–H groups in total. The lowest BCUT2D eigenvalue weighted by molar-refractivity contribution is 0.328. The Hall–Kier alpha value is 0.405. The zero-order valence-corrected chi connectivity index (χ0v) is 13.8. The molecule has 3 nitrogen and oxygen atoms in total. The van der Waals surface area contributed by atoms with Gasteiger partial charge >= 0.3 is 0 Å². The minimum absolute atomic E-state index is 0.101. The summed E-state index contributed by atoms with van der Waals surface area (Å²) in [5, 5.41) is -0.101. The molecular formula is C11H25BO3PS. The summed E-state index contributed by atoms with van der Waals surface area (Å²) in [6, 6.07) is 0. The smallest absolute Gasteiger partial charge is 0.267 e. The van der Waals surface area contributed by atoms with E-state index < -0.39 is 17.3 Å². The van der Waals surface area contributed by atoms with Crippen LogP contribution in [0.3, 0.4) is 0 Å². The first-order valence-electron chi connectivity index (χ1n) is 5.65. The van der Waals surface area contributed by atoms with Gasteiger partial charge in [-0.2, -0.15) is 8.42 Å². The molecule has 0 heterocycles. The van der Waals surface area contributed by atoms with Crippen LogP contribution in [0.5, 0.6) is 0 Å². The molecule has 0 saturated carbocycles. The maximum atomic E-state index is 11.0. The molecule has 101 valence electrons. The molecule has 0 aliphatic carbocycles. The van der Waals surface area contributed by atoms with Crippen LogP contribution in [-0.4, -0.2) is 40.4 Å². The average molecular weight is 279 g/mol. The highest BCUT2D eigenvalue weighted by Crippen LogP contribution is 2.64. The van der Waals surface area contributed by atoms with Crippen molar-refractivity contribution in [1.82, 2.24) is 0 Å². The molecule has 6 heteroatoms. The highest BCUT2D eigenvalue weighted by molar-refractivity contribution is 7.98. The van der Waals surface area contributed by atoms with Gasteiger partial charge in [0.05, 0.1) is 6.26 Å². The van der Waals surface area contributed by atoms with Crippen LogP contribution in [0.1, 0.15) is 41.0 Å². The summed E-state index contributed by atoms with van der Waals surface area (Å²) < 4.78 is 27.0. The van der Waals surface area contributed by atoms with Crippen molar-refractivity contribution in [2.75, 3.05) is 19.3 Å². The summed E-state index contributed by atoms with van der Waals surface area (Å²) in [7, 11) is 0.977. The first-order chi connectivity index (χ1) is 7.16. The standard InChI is InChI=1S/C11H25BO3PS/c1-10(2,3)8-11(4,5)16(6,12)9-15-17(7,13)14/h8-9H2,1-7H3. The van der Waals surface area contributed by atoms with E-state index in [2.05, 4.69) is 34.6 Å². The Bertz CT molecular complexity index is 355. The third-order valence-corrected chi connectivity index (χ3v) is 7.19. The average Bonchev–Trinajstić information content (AvgIpc) is 1.94. The van der Waals surface area contributed by atoms with Crippen molar-refractivity contribution in [1.29, 1.82) is 0 Å². The molecule has 0 rings (SSSR count). The van der Waals surface area contributed by atoms with E-state index in [-0.39, 0.29) is 16.9 Å². The minimum Gasteiger partial charge on any atom is -0.303 e. The Morgan fingerprint density at radius 3 is 1.88 bits per heavy atom. The van der Waals surface area contributed by atoms with Gasteiger partial charge < -0.3 is 7.57 Å². The Balaban J connectivity index is 4.79. The van der Waals surface area contributed by atoms with Gasteiger partial charge in [-0.05, 0) is 25.7 Å². The fraction of sp³-hybridized carbons (Fsp3) is 1.00. The first kappa shape index (κ1) is 17.4. The molecule has 0 spiro atoms. The second kappa shape index (κ2) is 5.18. The summed E-state index contributed by atoms with van der Waals surface area (Å²) in [6.07, 6.45) is 2.12. The van der Waals surface area contributed by atoms with Crippen LogP contribution in [-0.2, 0) is 14.3 Å². The third kappa shape index (κ3) is 6.78. The lowest BCUT2D eigenvalue weighted by Gasteiger charge is -2.48. The Morgan fingerprint density at radius 1 is 1.18 bits per heavy atom. The van der Waals surface area contributed by atoms with Crippen LogP contribution in [0.2, 0.25) is 0 Å². The fourth-order valence-corrected chi connectivity index (χ4v) is 4.69. The van der Waals surface area contributed by atoms with Gasteiger partial charge in [0.25, 0.3) is 10.1 Å². The SMILES string of the molecule is [B-][P+](C)(COS(C)(=O)=O)C(C)(C)CC(C)(C)C. The molecule has 17 heavy (non-hydrogen) atoms. The topological polar surface area (TPSA) is 43.4 Å². The van der Waals surface area contributed by atoms with E-state index in [1.54, 1.807) is 0 Å². The van der Waals surface area contributed by atoms with E-state index in [0.29, 0.717) is 0 Å². The second-order valence-corrected chi connectivity index (χ2v) is 12.4. The van der Waals surface area contributed by atoms with Gasteiger partial charge in [0.1, 0.15) is 6.35 Å². The van der Waals surface area contributed by atoms with E-state index in [0.717, 1.165) is 12.7 Å². The Morgan fingerprint density at radius 2 is 1.59 bits per heavy atom. The van der Waals surface area contributed by atoms with Gasteiger partial charge in [-0.1, -0.05) is 20.8 Å². The van der Waals surface area contributed by atoms with Crippen LogP contribution < -0.4 is 0 Å². The number of rotatable bonds is 5. The van der Waals surface area contributed by atoms with Gasteiger partial charge in [0.15, 0.2) is 0 Å². The molecule has 3 radical (unpaired) electrons. The molecular weight excluding hydrogens is 254 g/mol. The molecule has 0 aliphatic rings. The minimum atomic E-state index is -3.41. The molecule has 0 aromatic carbocycles. The summed E-state index contributed by atoms with van der Waals surface area (Å²) in [4.78, 5) is 0. The van der Waals surface area contributed by atoms with Gasteiger partial charge in [-0.25, -0.2) is 11.3 Å². The zero-order chi connectivity index (χ0) is 14.1. The Labute approximate surface area is 109 Å². The van der Waals surface area contributed by atoms with Crippen LogP contribution >= 0.6 is 7.14 Å². The van der Waals surface area contributed by atoms with E-state index in [1.807, 2.05) is 6.66 Å². The summed E-state index contributed by atoms with van der Waals surface area (Å²) in [5.41, 5.74) is 0.162. The van der Waals surface area contributed by atoms with Gasteiger partial charge in [-0.15, -0.1) is 0 Å². The van der Waals surface area contributed by atoms with Crippen LogP contribution in [0, 0.1) is 5.41 Å². The fourth-order valence-electron chi connectivity index (χ4n) is 1.86. The van der Waals surface area contributed by atoms with Crippen LogP contribution in [0.25, 0.3) is 0 Å². The van der Waals surface area contributed by atoms with Crippen LogP contribution in [0.15, 0.2) is 0 Å². The lowest BCUT2D eigenvalue weighted by Crippen LogP contribution is -2.32. The molecule has 0 bridgehead atoms. The molecule has 0 aliphatic heterocycles. The van der Waals surface area contributed by atoms with Gasteiger partial charge in [0, 0.05) is 11.8 Å². The number of hydrogen-bond donors (Lipinski definition) is 0. The largest absolute Gasteiger partial charge is 0.303 e. The second-order valence-electron chi connectivity index (χ2n) is 6.77. The van der Waals surface area contributed by atoms with Crippen molar-refractivity contribution < 1.29 is 12.6 Å².